The highest BCUT2D eigenvalue weighted by Crippen LogP contribution is 2.25. The SMILES string of the molecule is Cc1cc2occ(CC(=O)OCC(=O)NC3CC3)c2cc1C. The van der Waals surface area contributed by atoms with Crippen LogP contribution in [0, 0.1) is 13.8 Å². The first kappa shape index (κ1) is 14.6. The Labute approximate surface area is 128 Å². The molecule has 0 unspecified atom stereocenters. The number of nitrogens with one attached hydrogen (secondary N) is 1. The van der Waals surface area contributed by atoms with Gasteiger partial charge in [-0.1, -0.05) is 0 Å². The largest absolute Gasteiger partial charge is 0.464 e. The van der Waals surface area contributed by atoms with Gasteiger partial charge in [-0.05, 0) is 49.9 Å². The van der Waals surface area contributed by atoms with Gasteiger partial charge in [0.2, 0.25) is 0 Å². The zero-order chi connectivity index (χ0) is 15.7. The van der Waals surface area contributed by atoms with Gasteiger partial charge < -0.3 is 14.5 Å². The zero-order valence-electron chi connectivity index (χ0n) is 12.8. The Morgan fingerprint density at radius 3 is 2.73 bits per heavy atom. The topological polar surface area (TPSA) is 68.5 Å². The van der Waals surface area contributed by atoms with E-state index >= 15 is 0 Å². The average Bonchev–Trinajstić information content (AvgIpc) is 3.21. The highest BCUT2D eigenvalue weighted by molar-refractivity contribution is 5.87. The zero-order valence-corrected chi connectivity index (χ0v) is 12.8. The quantitative estimate of drug-likeness (QED) is 0.861. The van der Waals surface area contributed by atoms with E-state index in [4.69, 9.17) is 9.15 Å². The number of rotatable bonds is 5. The van der Waals surface area contributed by atoms with Crippen molar-refractivity contribution in [2.45, 2.75) is 39.2 Å². The molecule has 1 amide bonds. The van der Waals surface area contributed by atoms with Crippen LogP contribution in [0.5, 0.6) is 0 Å². The first-order chi connectivity index (χ1) is 10.5. The molecule has 0 atom stereocenters. The van der Waals surface area contributed by atoms with Crippen molar-refractivity contribution >= 4 is 22.8 Å². The summed E-state index contributed by atoms with van der Waals surface area (Å²) in [4.78, 5) is 23.4. The molecular formula is C17H19NO4. The predicted octanol–water partition coefficient (Wildman–Crippen LogP) is 2.41. The van der Waals surface area contributed by atoms with Gasteiger partial charge in [-0.15, -0.1) is 0 Å². The number of carbonyl (C=O) groups excluding carboxylic acids is 2. The van der Waals surface area contributed by atoms with Crippen LogP contribution < -0.4 is 5.32 Å². The van der Waals surface area contributed by atoms with Crippen molar-refractivity contribution in [1.29, 1.82) is 0 Å². The van der Waals surface area contributed by atoms with Crippen molar-refractivity contribution in [3.05, 3.63) is 35.1 Å². The van der Waals surface area contributed by atoms with Crippen LogP contribution in [0.4, 0.5) is 0 Å². The Morgan fingerprint density at radius 2 is 2.00 bits per heavy atom. The monoisotopic (exact) mass is 301 g/mol. The second-order valence-electron chi connectivity index (χ2n) is 5.87. The fourth-order valence-electron chi connectivity index (χ4n) is 2.32. The molecule has 1 heterocycles. The first-order valence-corrected chi connectivity index (χ1v) is 7.45. The summed E-state index contributed by atoms with van der Waals surface area (Å²) < 4.78 is 10.5. The van der Waals surface area contributed by atoms with Gasteiger partial charge >= 0.3 is 5.97 Å². The molecule has 1 N–H and O–H groups in total. The molecular weight excluding hydrogens is 282 g/mol. The first-order valence-electron chi connectivity index (χ1n) is 7.45. The van der Waals surface area contributed by atoms with Crippen LogP contribution in [0.1, 0.15) is 29.5 Å². The lowest BCUT2D eigenvalue weighted by atomic mass is 10.0. The van der Waals surface area contributed by atoms with E-state index < -0.39 is 5.97 Å². The van der Waals surface area contributed by atoms with Gasteiger partial charge in [0.15, 0.2) is 6.61 Å². The van der Waals surface area contributed by atoms with Gasteiger partial charge in [-0.25, -0.2) is 0 Å². The number of aryl methyl sites for hydroxylation is 2. The summed E-state index contributed by atoms with van der Waals surface area (Å²) in [5, 5.41) is 3.70. The average molecular weight is 301 g/mol. The van der Waals surface area contributed by atoms with Crippen LogP contribution in [-0.4, -0.2) is 24.5 Å². The summed E-state index contributed by atoms with van der Waals surface area (Å²) in [5.74, 6) is -0.661. The molecule has 3 rings (SSSR count). The Morgan fingerprint density at radius 1 is 1.27 bits per heavy atom. The van der Waals surface area contributed by atoms with Crippen molar-refractivity contribution in [3.63, 3.8) is 0 Å². The normalized spacial score (nSPS) is 14.1. The third-order valence-electron chi connectivity index (χ3n) is 3.91. The minimum atomic E-state index is -0.424. The number of carbonyl (C=O) groups is 2. The van der Waals surface area contributed by atoms with Crippen LogP contribution in [-0.2, 0) is 20.7 Å². The minimum absolute atomic E-state index is 0.103. The van der Waals surface area contributed by atoms with Gasteiger partial charge in [0, 0.05) is 17.0 Å². The van der Waals surface area contributed by atoms with E-state index in [0.717, 1.165) is 40.5 Å². The molecule has 1 saturated carbocycles. The van der Waals surface area contributed by atoms with E-state index in [-0.39, 0.29) is 25.0 Å². The highest BCUT2D eigenvalue weighted by Gasteiger charge is 2.23. The van der Waals surface area contributed by atoms with Crippen molar-refractivity contribution in [2.75, 3.05) is 6.61 Å². The molecule has 0 aliphatic heterocycles. The number of benzene rings is 1. The maximum absolute atomic E-state index is 11.9. The van der Waals surface area contributed by atoms with Gasteiger partial charge in [0.25, 0.3) is 5.91 Å². The molecule has 5 nitrogen and oxygen atoms in total. The Kier molecular flexibility index (Phi) is 3.88. The van der Waals surface area contributed by atoms with Crippen molar-refractivity contribution < 1.29 is 18.7 Å². The van der Waals surface area contributed by atoms with Crippen molar-refractivity contribution in [2.24, 2.45) is 0 Å². The smallest absolute Gasteiger partial charge is 0.310 e. The minimum Gasteiger partial charge on any atom is -0.464 e. The molecule has 0 spiro atoms. The third-order valence-corrected chi connectivity index (χ3v) is 3.91. The number of furan rings is 1. The summed E-state index contributed by atoms with van der Waals surface area (Å²) in [7, 11) is 0. The van der Waals surface area contributed by atoms with E-state index in [1.165, 1.54) is 0 Å². The lowest BCUT2D eigenvalue weighted by Crippen LogP contribution is -2.30. The maximum atomic E-state index is 11.9. The molecule has 0 bridgehead atoms. The van der Waals surface area contributed by atoms with E-state index in [2.05, 4.69) is 5.32 Å². The van der Waals surface area contributed by atoms with Crippen LogP contribution in [0.15, 0.2) is 22.8 Å². The number of hydrogen-bond acceptors (Lipinski definition) is 4. The molecule has 1 fully saturated rings. The van der Waals surface area contributed by atoms with Gasteiger partial charge in [0.05, 0.1) is 12.7 Å². The summed E-state index contributed by atoms with van der Waals surface area (Å²) in [6, 6.07) is 4.24. The maximum Gasteiger partial charge on any atom is 0.310 e. The molecule has 5 heteroatoms. The molecule has 22 heavy (non-hydrogen) atoms. The molecule has 0 saturated heterocycles. The standard InChI is InChI=1S/C17H19NO4/c1-10-5-14-12(8-21-15(14)6-11(10)2)7-17(20)22-9-16(19)18-13-3-4-13/h5-6,8,13H,3-4,7,9H2,1-2H3,(H,18,19). The van der Waals surface area contributed by atoms with Crippen LogP contribution >= 0.6 is 0 Å². The van der Waals surface area contributed by atoms with Crippen LogP contribution in [0.3, 0.4) is 0 Å². The van der Waals surface area contributed by atoms with E-state index in [0.29, 0.717) is 0 Å². The Hall–Kier alpha value is -2.30. The molecule has 1 aliphatic carbocycles. The fraction of sp³-hybridized carbons (Fsp3) is 0.412. The van der Waals surface area contributed by atoms with Gasteiger partial charge in [-0.3, -0.25) is 9.59 Å². The summed E-state index contributed by atoms with van der Waals surface area (Å²) in [6.07, 6.45) is 3.71. The predicted molar refractivity (Wildman–Crippen MR) is 81.5 cm³/mol. The summed E-state index contributed by atoms with van der Waals surface area (Å²) in [6.45, 7) is 3.82. The number of fused-ring (bicyclic) bond motifs is 1. The van der Waals surface area contributed by atoms with E-state index in [9.17, 15) is 9.59 Å². The lowest BCUT2D eigenvalue weighted by molar-refractivity contribution is -0.147. The molecule has 1 aliphatic rings. The van der Waals surface area contributed by atoms with Crippen LogP contribution in [0.2, 0.25) is 0 Å². The number of amides is 1. The van der Waals surface area contributed by atoms with E-state index in [1.54, 1.807) is 6.26 Å². The lowest BCUT2D eigenvalue weighted by Gasteiger charge is -2.05. The van der Waals surface area contributed by atoms with E-state index in [1.807, 2.05) is 26.0 Å². The highest BCUT2D eigenvalue weighted by atomic mass is 16.5. The summed E-state index contributed by atoms with van der Waals surface area (Å²) in [5.41, 5.74) is 3.84. The van der Waals surface area contributed by atoms with Crippen molar-refractivity contribution in [1.82, 2.24) is 5.32 Å². The molecule has 1 aromatic heterocycles. The fourth-order valence-corrected chi connectivity index (χ4v) is 2.32. The Balaban J connectivity index is 1.61. The second kappa shape index (κ2) is 5.83. The van der Waals surface area contributed by atoms with Crippen molar-refractivity contribution in [3.8, 4) is 0 Å². The van der Waals surface area contributed by atoms with Gasteiger partial charge in [-0.2, -0.15) is 0 Å². The van der Waals surface area contributed by atoms with Gasteiger partial charge in [0.1, 0.15) is 5.58 Å². The molecule has 2 aromatic rings. The number of ether oxygens (including phenoxy) is 1. The number of esters is 1. The summed E-state index contributed by atoms with van der Waals surface area (Å²) >= 11 is 0. The van der Waals surface area contributed by atoms with Crippen LogP contribution in [0.25, 0.3) is 11.0 Å². The Bertz CT molecular complexity index is 728. The molecule has 116 valence electrons. The third kappa shape index (κ3) is 3.30. The number of hydrogen-bond donors (Lipinski definition) is 1. The second-order valence-corrected chi connectivity index (χ2v) is 5.87. The molecule has 1 aromatic carbocycles. The molecule has 0 radical (unpaired) electrons.